The summed E-state index contributed by atoms with van der Waals surface area (Å²) in [6.45, 7) is 1.40. The molecule has 0 amide bonds. The number of carboxylic acid groups (broad SMARTS) is 1. The van der Waals surface area contributed by atoms with Crippen LogP contribution in [-0.4, -0.2) is 25.3 Å². The van der Waals surface area contributed by atoms with Gasteiger partial charge in [-0.15, -0.1) is 0 Å². The van der Waals surface area contributed by atoms with Gasteiger partial charge in [-0.05, 0) is 31.9 Å². The first-order valence-corrected chi connectivity index (χ1v) is 6.10. The molecule has 1 aliphatic rings. The number of carboxylic acids is 1. The Balaban J connectivity index is 2.59. The highest BCUT2D eigenvalue weighted by Gasteiger charge is 2.53. The van der Waals surface area contributed by atoms with Crippen molar-refractivity contribution < 1.29 is 23.8 Å². The molecule has 1 unspecified atom stereocenters. The first kappa shape index (κ1) is 13.6. The molecule has 0 heterocycles. The summed E-state index contributed by atoms with van der Waals surface area (Å²) < 4.78 is 23.9. The number of carbonyl (C=O) groups is 1. The van der Waals surface area contributed by atoms with Crippen molar-refractivity contribution >= 4 is 5.97 Å². The summed E-state index contributed by atoms with van der Waals surface area (Å²) in [6.07, 6.45) is -0.0865. The summed E-state index contributed by atoms with van der Waals surface area (Å²) in [6, 6.07) is 3.12. The van der Waals surface area contributed by atoms with Crippen LogP contribution in [-0.2, 0) is 10.2 Å². The van der Waals surface area contributed by atoms with Crippen LogP contribution in [0.3, 0.4) is 0 Å². The van der Waals surface area contributed by atoms with E-state index in [0.29, 0.717) is 35.5 Å². The predicted octanol–water partition coefficient (Wildman–Crippen LogP) is 2.85. The molecule has 1 aromatic rings. The highest BCUT2D eigenvalue weighted by Crippen LogP contribution is 2.53. The molecule has 5 heteroatoms. The first-order chi connectivity index (χ1) is 8.96. The van der Waals surface area contributed by atoms with E-state index in [1.165, 1.54) is 27.2 Å². The Kier molecular flexibility index (Phi) is 3.39. The maximum absolute atomic E-state index is 13.5. The molecule has 0 spiro atoms. The van der Waals surface area contributed by atoms with Gasteiger partial charge in [-0.1, -0.05) is 0 Å². The lowest BCUT2D eigenvalue weighted by Gasteiger charge is -2.19. The van der Waals surface area contributed by atoms with Crippen molar-refractivity contribution in [1.29, 1.82) is 0 Å². The van der Waals surface area contributed by atoms with Crippen molar-refractivity contribution in [1.82, 2.24) is 0 Å². The van der Waals surface area contributed by atoms with Gasteiger partial charge >= 0.3 is 5.97 Å². The maximum atomic E-state index is 13.5. The van der Waals surface area contributed by atoms with Crippen molar-refractivity contribution in [3.05, 3.63) is 23.3 Å². The lowest BCUT2D eigenvalue weighted by Crippen LogP contribution is -2.20. The van der Waals surface area contributed by atoms with E-state index in [-0.39, 0.29) is 0 Å². The molecule has 1 atom stereocenters. The van der Waals surface area contributed by atoms with Crippen molar-refractivity contribution in [2.24, 2.45) is 0 Å². The van der Waals surface area contributed by atoms with Crippen LogP contribution in [0.2, 0.25) is 0 Å². The third-order valence-corrected chi connectivity index (χ3v) is 3.66. The van der Waals surface area contributed by atoms with Crippen LogP contribution < -0.4 is 9.47 Å². The molecule has 0 bridgehead atoms. The van der Waals surface area contributed by atoms with Crippen LogP contribution in [0.5, 0.6) is 11.5 Å². The van der Waals surface area contributed by atoms with Crippen molar-refractivity contribution in [2.45, 2.75) is 31.4 Å². The number of aliphatic carboxylic acids is 1. The quantitative estimate of drug-likeness (QED) is 0.892. The van der Waals surface area contributed by atoms with Gasteiger partial charge in [0.1, 0.15) is 17.7 Å². The highest BCUT2D eigenvalue weighted by atomic mass is 19.1. The molecule has 2 rings (SSSR count). The zero-order valence-corrected chi connectivity index (χ0v) is 11.2. The lowest BCUT2D eigenvalue weighted by atomic mass is 9.92. The highest BCUT2D eigenvalue weighted by molar-refractivity contribution is 5.86. The molecule has 0 saturated heterocycles. The molecule has 1 saturated carbocycles. The Bertz CT molecular complexity index is 506. The Morgan fingerprint density at radius 1 is 1.32 bits per heavy atom. The minimum Gasteiger partial charge on any atom is -0.496 e. The van der Waals surface area contributed by atoms with Crippen LogP contribution in [0, 0.1) is 0 Å². The van der Waals surface area contributed by atoms with E-state index in [2.05, 4.69) is 0 Å². The zero-order valence-electron chi connectivity index (χ0n) is 11.2. The molecule has 0 radical (unpaired) electrons. The molecule has 1 aliphatic carbocycles. The molecule has 4 nitrogen and oxygen atoms in total. The third-order valence-electron chi connectivity index (χ3n) is 3.66. The predicted molar refractivity (Wildman–Crippen MR) is 67.6 cm³/mol. The van der Waals surface area contributed by atoms with Crippen molar-refractivity contribution in [3.8, 4) is 11.5 Å². The minimum atomic E-state index is -1.21. The number of halogens is 1. The smallest absolute Gasteiger partial charge is 0.314 e. The summed E-state index contributed by atoms with van der Waals surface area (Å²) in [4.78, 5) is 11.4. The molecular weight excluding hydrogens is 251 g/mol. The van der Waals surface area contributed by atoms with Gasteiger partial charge in [0.05, 0.1) is 19.6 Å². The number of benzene rings is 1. The van der Waals surface area contributed by atoms with Crippen molar-refractivity contribution in [3.63, 3.8) is 0 Å². The maximum Gasteiger partial charge on any atom is 0.314 e. The minimum absolute atomic E-state index is 0.360. The van der Waals surface area contributed by atoms with Gasteiger partial charge in [-0.25, -0.2) is 4.39 Å². The van der Waals surface area contributed by atoms with E-state index in [4.69, 9.17) is 9.47 Å². The van der Waals surface area contributed by atoms with E-state index in [9.17, 15) is 14.3 Å². The fraction of sp³-hybridized carbons (Fsp3) is 0.500. The van der Waals surface area contributed by atoms with Gasteiger partial charge in [0.15, 0.2) is 0 Å². The summed E-state index contributed by atoms with van der Waals surface area (Å²) in [5, 5.41) is 9.35. The molecule has 104 valence electrons. The third kappa shape index (κ3) is 2.13. The molecule has 0 aliphatic heterocycles. The second kappa shape index (κ2) is 4.72. The number of methoxy groups -OCH3 is 2. The number of alkyl halides is 1. The fourth-order valence-electron chi connectivity index (χ4n) is 2.33. The summed E-state index contributed by atoms with van der Waals surface area (Å²) >= 11 is 0. The fourth-order valence-corrected chi connectivity index (χ4v) is 2.33. The average Bonchev–Trinajstić information content (AvgIpc) is 3.18. The number of hydrogen-bond acceptors (Lipinski definition) is 3. The van der Waals surface area contributed by atoms with E-state index >= 15 is 0 Å². The van der Waals surface area contributed by atoms with E-state index in [0.717, 1.165) is 0 Å². The monoisotopic (exact) mass is 268 g/mol. The topological polar surface area (TPSA) is 55.8 Å². The zero-order chi connectivity index (χ0) is 14.2. The lowest BCUT2D eigenvalue weighted by molar-refractivity contribution is -0.140. The molecule has 1 aromatic carbocycles. The average molecular weight is 268 g/mol. The second-order valence-electron chi connectivity index (χ2n) is 4.80. The standard InChI is InChI=1S/C14H17FO4/c1-8(15)9-6-12(19-3)10(7-11(9)18-2)14(4-5-14)13(16)17/h6-8H,4-5H2,1-3H3,(H,16,17). The summed E-state index contributed by atoms with van der Waals surface area (Å²) in [5.41, 5.74) is 0.0181. The van der Waals surface area contributed by atoms with Crippen LogP contribution in [0.15, 0.2) is 12.1 Å². The van der Waals surface area contributed by atoms with Crippen LogP contribution in [0.25, 0.3) is 0 Å². The number of ether oxygens (including phenoxy) is 2. The Hall–Kier alpha value is -1.78. The molecule has 1 fully saturated rings. The Labute approximate surface area is 111 Å². The summed E-state index contributed by atoms with van der Waals surface area (Å²) in [5.74, 6) is -0.118. The van der Waals surface area contributed by atoms with E-state index < -0.39 is 17.6 Å². The van der Waals surface area contributed by atoms with Gasteiger partial charge in [-0.2, -0.15) is 0 Å². The second-order valence-corrected chi connectivity index (χ2v) is 4.80. The van der Waals surface area contributed by atoms with Crippen LogP contribution >= 0.6 is 0 Å². The summed E-state index contributed by atoms with van der Waals surface area (Å²) in [7, 11) is 2.90. The van der Waals surface area contributed by atoms with Gasteiger partial charge < -0.3 is 14.6 Å². The van der Waals surface area contributed by atoms with E-state index in [1.54, 1.807) is 6.07 Å². The molecule has 19 heavy (non-hydrogen) atoms. The van der Waals surface area contributed by atoms with E-state index in [1.807, 2.05) is 0 Å². The van der Waals surface area contributed by atoms with Gasteiger partial charge in [-0.3, -0.25) is 4.79 Å². The SMILES string of the molecule is COc1cc(C2(C(=O)O)CC2)c(OC)cc1C(C)F. The normalized spacial score (nSPS) is 17.7. The van der Waals surface area contributed by atoms with Crippen LogP contribution in [0.4, 0.5) is 4.39 Å². The van der Waals surface area contributed by atoms with Gasteiger partial charge in [0.2, 0.25) is 0 Å². The first-order valence-electron chi connectivity index (χ1n) is 6.10. The molecule has 0 aromatic heterocycles. The Morgan fingerprint density at radius 2 is 1.89 bits per heavy atom. The molecular formula is C14H17FO4. The van der Waals surface area contributed by atoms with Gasteiger partial charge in [0, 0.05) is 11.1 Å². The largest absolute Gasteiger partial charge is 0.496 e. The number of hydrogen-bond donors (Lipinski definition) is 1. The Morgan fingerprint density at radius 3 is 2.26 bits per heavy atom. The van der Waals surface area contributed by atoms with Gasteiger partial charge in [0.25, 0.3) is 0 Å². The molecule has 1 N–H and O–H groups in total. The van der Waals surface area contributed by atoms with Crippen LogP contribution in [0.1, 0.15) is 37.1 Å². The van der Waals surface area contributed by atoms with Crippen molar-refractivity contribution in [2.75, 3.05) is 14.2 Å². The number of rotatable bonds is 5.